The van der Waals surface area contributed by atoms with Crippen molar-refractivity contribution in [2.75, 3.05) is 5.32 Å². The Kier molecular flexibility index (Phi) is 8.19. The van der Waals surface area contributed by atoms with E-state index >= 15 is 0 Å². The molecule has 0 saturated heterocycles. The molecule has 2 N–H and O–H groups in total. The molecule has 2 aromatic carbocycles. The molecule has 1 heterocycles. The quantitative estimate of drug-likeness (QED) is 0.475. The molecule has 33 heavy (non-hydrogen) atoms. The minimum absolute atomic E-state index is 0.00419. The molecule has 0 aliphatic rings. The van der Waals surface area contributed by atoms with Gasteiger partial charge in [-0.25, -0.2) is 0 Å². The smallest absolute Gasteiger partial charge is 0.251 e. The van der Waals surface area contributed by atoms with Crippen molar-refractivity contribution in [2.24, 2.45) is 5.92 Å². The maximum Gasteiger partial charge on any atom is 0.251 e. The van der Waals surface area contributed by atoms with Crippen molar-refractivity contribution in [1.82, 2.24) is 10.3 Å². The highest BCUT2D eigenvalue weighted by Crippen LogP contribution is 2.26. The number of hydrogen-bond donors (Lipinski definition) is 2. The first-order valence-electron chi connectivity index (χ1n) is 11.2. The van der Waals surface area contributed by atoms with Gasteiger partial charge in [0.1, 0.15) is 12.4 Å². The Morgan fingerprint density at radius 3 is 2.42 bits per heavy atom. The van der Waals surface area contributed by atoms with Crippen molar-refractivity contribution >= 4 is 17.5 Å². The number of carbonyl (C=O) groups excluding carboxylic acids is 2. The summed E-state index contributed by atoms with van der Waals surface area (Å²) in [7, 11) is 0. The monoisotopic (exact) mass is 445 g/mol. The Labute approximate surface area is 195 Å². The molecule has 2 amide bonds. The van der Waals surface area contributed by atoms with E-state index in [0.29, 0.717) is 18.7 Å². The number of benzene rings is 2. The number of pyridine rings is 1. The first-order valence-corrected chi connectivity index (χ1v) is 11.2. The Hall–Kier alpha value is -3.67. The molecule has 0 saturated carbocycles. The fourth-order valence-electron chi connectivity index (χ4n) is 3.44. The summed E-state index contributed by atoms with van der Waals surface area (Å²) < 4.78 is 5.98. The number of anilines is 1. The van der Waals surface area contributed by atoms with E-state index in [9.17, 15) is 9.59 Å². The molecule has 0 fully saturated rings. The number of nitrogens with one attached hydrogen (secondary N) is 2. The number of aryl methyl sites for hydroxylation is 2. The average Bonchev–Trinajstić information content (AvgIpc) is 2.82. The lowest BCUT2D eigenvalue weighted by Gasteiger charge is -2.14. The minimum Gasteiger partial charge on any atom is -0.488 e. The number of nitrogens with zero attached hydrogens (tertiary/aromatic N) is 1. The van der Waals surface area contributed by atoms with Gasteiger partial charge in [-0.3, -0.25) is 14.6 Å². The van der Waals surface area contributed by atoms with E-state index < -0.39 is 0 Å². The van der Waals surface area contributed by atoms with Gasteiger partial charge in [0.2, 0.25) is 5.91 Å². The third-order valence-corrected chi connectivity index (χ3v) is 5.54. The second kappa shape index (κ2) is 11.3. The van der Waals surface area contributed by atoms with Crippen LogP contribution in [0.2, 0.25) is 0 Å². The van der Waals surface area contributed by atoms with E-state index in [2.05, 4.69) is 15.6 Å². The normalized spacial score (nSPS) is 11.5. The van der Waals surface area contributed by atoms with E-state index in [4.69, 9.17) is 4.74 Å². The van der Waals surface area contributed by atoms with E-state index in [1.165, 1.54) is 0 Å². The van der Waals surface area contributed by atoms with Crippen LogP contribution in [0.3, 0.4) is 0 Å². The summed E-state index contributed by atoms with van der Waals surface area (Å²) in [5.74, 6) is 0.570. The Morgan fingerprint density at radius 2 is 1.76 bits per heavy atom. The van der Waals surface area contributed by atoms with Gasteiger partial charge in [-0.05, 0) is 67.3 Å². The van der Waals surface area contributed by atoms with Crippen LogP contribution >= 0.6 is 0 Å². The fourth-order valence-corrected chi connectivity index (χ4v) is 3.44. The number of aromatic nitrogens is 1. The maximum absolute atomic E-state index is 12.8. The molecular weight excluding hydrogens is 414 g/mol. The number of carbonyl (C=O) groups is 2. The maximum atomic E-state index is 12.8. The van der Waals surface area contributed by atoms with Crippen LogP contribution in [0.5, 0.6) is 5.75 Å². The Balaban J connectivity index is 1.61. The van der Waals surface area contributed by atoms with E-state index in [-0.39, 0.29) is 17.7 Å². The van der Waals surface area contributed by atoms with Gasteiger partial charge in [0.05, 0.1) is 0 Å². The predicted octanol–water partition coefficient (Wildman–Crippen LogP) is 5.19. The molecule has 1 unspecified atom stereocenters. The van der Waals surface area contributed by atoms with Crippen molar-refractivity contribution < 1.29 is 14.3 Å². The van der Waals surface area contributed by atoms with Crippen LogP contribution in [0.15, 0.2) is 60.9 Å². The van der Waals surface area contributed by atoms with E-state index in [0.717, 1.165) is 40.1 Å². The lowest BCUT2D eigenvalue weighted by atomic mass is 10.0. The van der Waals surface area contributed by atoms with Gasteiger partial charge in [0.15, 0.2) is 0 Å². The number of hydrogen-bond acceptors (Lipinski definition) is 4. The van der Waals surface area contributed by atoms with E-state index in [1.807, 2.05) is 76.2 Å². The van der Waals surface area contributed by atoms with Gasteiger partial charge < -0.3 is 15.4 Å². The summed E-state index contributed by atoms with van der Waals surface area (Å²) in [6, 6.07) is 15.0. The number of ether oxygens (including phenoxy) is 1. The molecule has 3 aromatic rings. The second-order valence-corrected chi connectivity index (χ2v) is 8.27. The van der Waals surface area contributed by atoms with Crippen molar-refractivity contribution in [2.45, 2.75) is 47.3 Å². The lowest BCUT2D eigenvalue weighted by molar-refractivity contribution is -0.119. The first-order chi connectivity index (χ1) is 15.9. The molecule has 0 spiro atoms. The van der Waals surface area contributed by atoms with Crippen LogP contribution in [-0.4, -0.2) is 16.8 Å². The molecule has 172 valence electrons. The predicted molar refractivity (Wildman–Crippen MR) is 130 cm³/mol. The molecular formula is C27H31N3O3. The van der Waals surface area contributed by atoms with Crippen molar-refractivity contribution in [1.29, 1.82) is 0 Å². The topological polar surface area (TPSA) is 80.3 Å². The number of amides is 2. The SMILES string of the molecule is CCC(C)C(=O)Nc1cccc(CNC(=O)c2cc(C)c(OCc3cccnc3)c(C)c2)c1. The summed E-state index contributed by atoms with van der Waals surface area (Å²) in [5.41, 5.74) is 5.02. The molecule has 3 rings (SSSR count). The van der Waals surface area contributed by atoms with Gasteiger partial charge in [-0.15, -0.1) is 0 Å². The zero-order valence-electron chi connectivity index (χ0n) is 19.6. The van der Waals surface area contributed by atoms with Gasteiger partial charge in [0, 0.05) is 41.7 Å². The van der Waals surface area contributed by atoms with Gasteiger partial charge in [-0.2, -0.15) is 0 Å². The molecule has 6 nitrogen and oxygen atoms in total. The van der Waals surface area contributed by atoms with Crippen LogP contribution in [0.25, 0.3) is 0 Å². The standard InChI is InChI=1S/C27H31N3O3/c1-5-18(2)26(31)30-24-10-6-8-21(14-24)16-29-27(32)23-12-19(3)25(20(4)13-23)33-17-22-9-7-11-28-15-22/h6-15,18H,5,16-17H2,1-4H3,(H,29,32)(H,30,31). The minimum atomic E-state index is -0.158. The third kappa shape index (κ3) is 6.65. The van der Waals surface area contributed by atoms with Crippen LogP contribution in [-0.2, 0) is 17.9 Å². The highest BCUT2D eigenvalue weighted by atomic mass is 16.5. The van der Waals surface area contributed by atoms with Crippen LogP contribution in [0, 0.1) is 19.8 Å². The van der Waals surface area contributed by atoms with Crippen molar-refractivity contribution in [3.8, 4) is 5.75 Å². The largest absolute Gasteiger partial charge is 0.488 e. The Morgan fingerprint density at radius 1 is 1.03 bits per heavy atom. The molecule has 1 atom stereocenters. The molecule has 0 radical (unpaired) electrons. The summed E-state index contributed by atoms with van der Waals surface area (Å²) >= 11 is 0. The third-order valence-electron chi connectivity index (χ3n) is 5.54. The van der Waals surface area contributed by atoms with Crippen molar-refractivity contribution in [3.05, 3.63) is 88.7 Å². The summed E-state index contributed by atoms with van der Waals surface area (Å²) in [6.07, 6.45) is 4.29. The highest BCUT2D eigenvalue weighted by molar-refractivity contribution is 5.95. The summed E-state index contributed by atoms with van der Waals surface area (Å²) in [5, 5.41) is 5.89. The molecule has 1 aromatic heterocycles. The zero-order valence-corrected chi connectivity index (χ0v) is 19.6. The number of rotatable bonds is 9. The molecule has 0 aliphatic heterocycles. The summed E-state index contributed by atoms with van der Waals surface area (Å²) in [6.45, 7) is 8.55. The van der Waals surface area contributed by atoms with Gasteiger partial charge >= 0.3 is 0 Å². The van der Waals surface area contributed by atoms with Crippen LogP contribution < -0.4 is 15.4 Å². The molecule has 6 heteroatoms. The zero-order chi connectivity index (χ0) is 23.8. The fraction of sp³-hybridized carbons (Fsp3) is 0.296. The average molecular weight is 446 g/mol. The van der Waals surface area contributed by atoms with Gasteiger partial charge in [0.25, 0.3) is 5.91 Å². The molecule has 0 aliphatic carbocycles. The molecule has 0 bridgehead atoms. The van der Waals surface area contributed by atoms with Crippen LogP contribution in [0.4, 0.5) is 5.69 Å². The van der Waals surface area contributed by atoms with Crippen LogP contribution in [0.1, 0.15) is 52.9 Å². The van der Waals surface area contributed by atoms with Gasteiger partial charge in [-0.1, -0.05) is 32.0 Å². The first kappa shape index (κ1) is 24.0. The summed E-state index contributed by atoms with van der Waals surface area (Å²) in [4.78, 5) is 29.0. The lowest BCUT2D eigenvalue weighted by Crippen LogP contribution is -2.23. The van der Waals surface area contributed by atoms with E-state index in [1.54, 1.807) is 12.4 Å². The van der Waals surface area contributed by atoms with Crippen molar-refractivity contribution in [3.63, 3.8) is 0 Å². The Bertz CT molecular complexity index is 1090. The second-order valence-electron chi connectivity index (χ2n) is 8.27. The highest BCUT2D eigenvalue weighted by Gasteiger charge is 2.13.